The Morgan fingerprint density at radius 2 is 2.33 bits per heavy atom. The number of hydrogen-bond acceptors (Lipinski definition) is 4. The number of amides is 1. The summed E-state index contributed by atoms with van der Waals surface area (Å²) in [5.74, 6) is 0.716. The van der Waals surface area contributed by atoms with Crippen molar-refractivity contribution in [3.63, 3.8) is 0 Å². The van der Waals surface area contributed by atoms with Crippen molar-refractivity contribution in [2.45, 2.75) is 13.3 Å². The molecule has 5 nitrogen and oxygen atoms in total. The molecule has 2 rings (SSSR count). The highest BCUT2D eigenvalue weighted by Gasteiger charge is 2.18. The summed E-state index contributed by atoms with van der Waals surface area (Å²) < 4.78 is 5.47. The zero-order valence-corrected chi connectivity index (χ0v) is 10.6. The lowest BCUT2D eigenvalue weighted by molar-refractivity contribution is -0.119. The highest BCUT2D eigenvalue weighted by atomic mass is 16.5. The van der Waals surface area contributed by atoms with Gasteiger partial charge in [-0.15, -0.1) is 0 Å². The molecule has 1 fully saturated rings. The predicted molar refractivity (Wildman–Crippen MR) is 71.9 cm³/mol. The lowest BCUT2D eigenvalue weighted by Gasteiger charge is -2.24. The Balaban J connectivity index is 2.26. The molecule has 0 aromatic heterocycles. The summed E-state index contributed by atoms with van der Waals surface area (Å²) in [6.07, 6.45) is 0.921. The average molecular weight is 249 g/mol. The van der Waals surface area contributed by atoms with Gasteiger partial charge in [-0.1, -0.05) is 6.07 Å². The van der Waals surface area contributed by atoms with Crippen molar-refractivity contribution in [3.8, 4) is 5.75 Å². The van der Waals surface area contributed by atoms with E-state index in [0.717, 1.165) is 25.2 Å². The molecule has 0 radical (unpaired) electrons. The number of rotatable bonds is 3. The lowest BCUT2D eigenvalue weighted by Crippen LogP contribution is -2.33. The second kappa shape index (κ2) is 5.62. The van der Waals surface area contributed by atoms with E-state index < -0.39 is 0 Å². The Bertz CT molecular complexity index is 434. The van der Waals surface area contributed by atoms with Gasteiger partial charge in [0.15, 0.2) is 0 Å². The van der Waals surface area contributed by atoms with Crippen LogP contribution in [-0.2, 0) is 4.79 Å². The molecule has 1 saturated heterocycles. The smallest absolute Gasteiger partial charge is 0.239 e. The van der Waals surface area contributed by atoms with E-state index in [0.29, 0.717) is 24.6 Å². The highest BCUT2D eigenvalue weighted by molar-refractivity contribution is 5.84. The van der Waals surface area contributed by atoms with Gasteiger partial charge in [0.1, 0.15) is 5.75 Å². The van der Waals surface area contributed by atoms with Gasteiger partial charge >= 0.3 is 0 Å². The van der Waals surface area contributed by atoms with Crippen LogP contribution in [0.25, 0.3) is 0 Å². The Hall–Kier alpha value is -1.91. The monoisotopic (exact) mass is 249 g/mol. The van der Waals surface area contributed by atoms with Gasteiger partial charge in [-0.2, -0.15) is 0 Å². The molecule has 18 heavy (non-hydrogen) atoms. The number of carbonyl (C=O) groups is 1. The molecule has 1 aromatic rings. The Labute approximate surface area is 107 Å². The van der Waals surface area contributed by atoms with Gasteiger partial charge in [0.05, 0.1) is 24.5 Å². The second-order valence-electron chi connectivity index (χ2n) is 4.25. The van der Waals surface area contributed by atoms with Crippen LogP contribution in [0.4, 0.5) is 11.4 Å². The summed E-state index contributed by atoms with van der Waals surface area (Å²) in [4.78, 5) is 13.6. The van der Waals surface area contributed by atoms with Crippen LogP contribution in [0.1, 0.15) is 13.3 Å². The van der Waals surface area contributed by atoms with Crippen molar-refractivity contribution in [2.24, 2.45) is 0 Å². The van der Waals surface area contributed by atoms with E-state index in [4.69, 9.17) is 10.5 Å². The molecule has 1 aliphatic heterocycles. The van der Waals surface area contributed by atoms with Gasteiger partial charge in [-0.05, 0) is 25.5 Å². The SMILES string of the molecule is CCOc1cccc(N2CCCNC(=O)C2)c1N. The van der Waals surface area contributed by atoms with E-state index in [1.54, 1.807) is 0 Å². The molecular formula is C13H19N3O2. The topological polar surface area (TPSA) is 67.6 Å². The number of nitrogen functional groups attached to an aromatic ring is 1. The molecule has 0 atom stereocenters. The maximum absolute atomic E-state index is 11.6. The van der Waals surface area contributed by atoms with E-state index >= 15 is 0 Å². The van der Waals surface area contributed by atoms with E-state index in [1.807, 2.05) is 30.0 Å². The average Bonchev–Trinajstić information content (AvgIpc) is 2.57. The zero-order chi connectivity index (χ0) is 13.0. The van der Waals surface area contributed by atoms with Crippen LogP contribution in [0.2, 0.25) is 0 Å². The lowest BCUT2D eigenvalue weighted by atomic mass is 10.2. The molecule has 0 aliphatic carbocycles. The zero-order valence-electron chi connectivity index (χ0n) is 10.6. The Kier molecular flexibility index (Phi) is 3.92. The first-order valence-corrected chi connectivity index (χ1v) is 6.25. The van der Waals surface area contributed by atoms with Crippen LogP contribution in [0.15, 0.2) is 18.2 Å². The van der Waals surface area contributed by atoms with Crippen molar-refractivity contribution in [1.82, 2.24) is 5.32 Å². The first kappa shape index (κ1) is 12.5. The summed E-state index contributed by atoms with van der Waals surface area (Å²) in [6, 6.07) is 5.68. The summed E-state index contributed by atoms with van der Waals surface area (Å²) in [5, 5.41) is 2.85. The molecule has 0 saturated carbocycles. The van der Waals surface area contributed by atoms with Crippen molar-refractivity contribution in [3.05, 3.63) is 18.2 Å². The van der Waals surface area contributed by atoms with Crippen molar-refractivity contribution < 1.29 is 9.53 Å². The summed E-state index contributed by atoms with van der Waals surface area (Å²) in [6.45, 7) is 4.39. The van der Waals surface area contributed by atoms with E-state index in [2.05, 4.69) is 5.32 Å². The maximum atomic E-state index is 11.6. The summed E-state index contributed by atoms with van der Waals surface area (Å²) in [5.41, 5.74) is 7.58. The number of hydrogen-bond donors (Lipinski definition) is 2. The minimum absolute atomic E-state index is 0.0358. The van der Waals surface area contributed by atoms with Crippen LogP contribution < -0.4 is 20.7 Å². The molecule has 1 aromatic carbocycles. The molecule has 98 valence electrons. The number of anilines is 2. The fourth-order valence-corrected chi connectivity index (χ4v) is 2.10. The normalized spacial score (nSPS) is 16.1. The largest absolute Gasteiger partial charge is 0.492 e. The fraction of sp³-hybridized carbons (Fsp3) is 0.462. The minimum atomic E-state index is 0.0358. The third-order valence-corrected chi connectivity index (χ3v) is 2.95. The van der Waals surface area contributed by atoms with Gasteiger partial charge in [0.2, 0.25) is 5.91 Å². The summed E-state index contributed by atoms with van der Waals surface area (Å²) >= 11 is 0. The number of nitrogens with zero attached hydrogens (tertiary/aromatic N) is 1. The van der Waals surface area contributed by atoms with Gasteiger partial charge in [0, 0.05) is 13.1 Å². The van der Waals surface area contributed by atoms with Crippen molar-refractivity contribution in [2.75, 3.05) is 36.9 Å². The quantitative estimate of drug-likeness (QED) is 0.784. The first-order chi connectivity index (χ1) is 8.72. The first-order valence-electron chi connectivity index (χ1n) is 6.25. The number of nitrogens with two attached hydrogens (primary N) is 1. The number of benzene rings is 1. The van der Waals surface area contributed by atoms with Gasteiger partial charge in [0.25, 0.3) is 0 Å². The predicted octanol–water partition coefficient (Wildman–Crippen LogP) is 0.994. The Morgan fingerprint density at radius 3 is 3.11 bits per heavy atom. The number of para-hydroxylation sites is 1. The highest BCUT2D eigenvalue weighted by Crippen LogP contribution is 2.32. The summed E-state index contributed by atoms with van der Waals surface area (Å²) in [7, 11) is 0. The molecule has 0 unspecified atom stereocenters. The third kappa shape index (κ3) is 2.67. The van der Waals surface area contributed by atoms with Crippen LogP contribution in [-0.4, -0.2) is 32.1 Å². The number of ether oxygens (including phenoxy) is 1. The van der Waals surface area contributed by atoms with Crippen LogP contribution >= 0.6 is 0 Å². The molecule has 0 bridgehead atoms. The molecule has 3 N–H and O–H groups in total. The number of carbonyl (C=O) groups excluding carboxylic acids is 1. The second-order valence-corrected chi connectivity index (χ2v) is 4.25. The van der Waals surface area contributed by atoms with Crippen molar-refractivity contribution >= 4 is 17.3 Å². The van der Waals surface area contributed by atoms with Crippen molar-refractivity contribution in [1.29, 1.82) is 0 Å². The fourth-order valence-electron chi connectivity index (χ4n) is 2.10. The van der Waals surface area contributed by atoms with E-state index in [9.17, 15) is 4.79 Å². The van der Waals surface area contributed by atoms with E-state index in [-0.39, 0.29) is 5.91 Å². The maximum Gasteiger partial charge on any atom is 0.239 e. The molecule has 1 amide bonds. The molecular weight excluding hydrogens is 230 g/mol. The van der Waals surface area contributed by atoms with Gasteiger partial charge < -0.3 is 20.7 Å². The van der Waals surface area contributed by atoms with Crippen LogP contribution in [0.5, 0.6) is 5.75 Å². The third-order valence-electron chi connectivity index (χ3n) is 2.95. The molecule has 5 heteroatoms. The van der Waals surface area contributed by atoms with E-state index in [1.165, 1.54) is 0 Å². The molecule has 0 spiro atoms. The minimum Gasteiger partial charge on any atom is -0.492 e. The molecule has 1 heterocycles. The number of nitrogens with one attached hydrogen (secondary N) is 1. The molecule has 1 aliphatic rings. The van der Waals surface area contributed by atoms with Gasteiger partial charge in [-0.25, -0.2) is 0 Å². The van der Waals surface area contributed by atoms with Crippen LogP contribution in [0.3, 0.4) is 0 Å². The Morgan fingerprint density at radius 1 is 1.50 bits per heavy atom. The van der Waals surface area contributed by atoms with Gasteiger partial charge in [-0.3, -0.25) is 4.79 Å². The van der Waals surface area contributed by atoms with Crippen LogP contribution in [0, 0.1) is 0 Å². The standard InChI is InChI=1S/C13H19N3O2/c1-2-18-11-6-3-5-10(13(11)14)16-8-4-7-15-12(17)9-16/h3,5-6H,2,4,7-9,14H2,1H3,(H,15,17).